The Bertz CT molecular complexity index is 1360. The molecule has 202 valence electrons. The Hall–Kier alpha value is -3.92. The SMILES string of the molecule is CCC(C(=O)NC)N(Cc1ccc(F)cc1)C(=O)CN(c1cc(C)ccc1OC)S(=O)(=O)c1ccccc1. The van der Waals surface area contributed by atoms with E-state index in [0.717, 1.165) is 9.87 Å². The first kappa shape index (κ1) is 28.6. The number of hydrogen-bond donors (Lipinski definition) is 1. The molecule has 38 heavy (non-hydrogen) atoms. The molecule has 0 aliphatic rings. The number of nitrogens with one attached hydrogen (secondary N) is 1. The van der Waals surface area contributed by atoms with Crippen molar-refractivity contribution in [1.29, 1.82) is 0 Å². The molecule has 0 aliphatic heterocycles. The van der Waals surface area contributed by atoms with E-state index in [-0.39, 0.29) is 29.3 Å². The highest BCUT2D eigenvalue weighted by Gasteiger charge is 2.34. The number of carbonyl (C=O) groups is 2. The van der Waals surface area contributed by atoms with Gasteiger partial charge in [-0.3, -0.25) is 13.9 Å². The molecule has 3 aromatic rings. The Kier molecular flexibility index (Phi) is 9.46. The summed E-state index contributed by atoms with van der Waals surface area (Å²) in [6.45, 7) is 2.95. The number of amides is 2. The highest BCUT2D eigenvalue weighted by atomic mass is 32.2. The quantitative estimate of drug-likeness (QED) is 0.397. The molecule has 0 radical (unpaired) electrons. The van der Waals surface area contributed by atoms with Crippen molar-refractivity contribution >= 4 is 27.5 Å². The lowest BCUT2D eigenvalue weighted by Gasteiger charge is -2.33. The Balaban J connectivity index is 2.11. The number of rotatable bonds is 11. The normalized spacial score (nSPS) is 11.9. The number of nitrogens with zero attached hydrogens (tertiary/aromatic N) is 2. The molecule has 1 N–H and O–H groups in total. The minimum absolute atomic E-state index is 0.000198. The van der Waals surface area contributed by atoms with Crippen molar-refractivity contribution in [2.75, 3.05) is 25.0 Å². The van der Waals surface area contributed by atoms with E-state index in [9.17, 15) is 22.4 Å². The van der Waals surface area contributed by atoms with Crippen molar-refractivity contribution in [3.63, 3.8) is 0 Å². The largest absolute Gasteiger partial charge is 0.495 e. The number of likely N-dealkylation sites (N-methyl/N-ethyl adjacent to an activating group) is 1. The van der Waals surface area contributed by atoms with E-state index in [2.05, 4.69) is 5.32 Å². The number of carbonyl (C=O) groups excluding carboxylic acids is 2. The number of ether oxygens (including phenoxy) is 1. The minimum atomic E-state index is -4.21. The fourth-order valence-electron chi connectivity index (χ4n) is 4.10. The van der Waals surface area contributed by atoms with Gasteiger partial charge in [0.25, 0.3) is 10.0 Å². The van der Waals surface area contributed by atoms with Gasteiger partial charge in [-0.25, -0.2) is 12.8 Å². The third-order valence-corrected chi connectivity index (χ3v) is 7.89. The molecular formula is C28H32FN3O5S. The van der Waals surface area contributed by atoms with Crippen LogP contribution in [0, 0.1) is 12.7 Å². The lowest BCUT2D eigenvalue weighted by Crippen LogP contribution is -2.51. The van der Waals surface area contributed by atoms with Gasteiger partial charge >= 0.3 is 0 Å². The van der Waals surface area contributed by atoms with Gasteiger partial charge in [0.2, 0.25) is 11.8 Å². The third kappa shape index (κ3) is 6.49. The van der Waals surface area contributed by atoms with Crippen molar-refractivity contribution in [3.8, 4) is 5.75 Å². The highest BCUT2D eigenvalue weighted by Crippen LogP contribution is 2.33. The van der Waals surface area contributed by atoms with Gasteiger partial charge in [0.1, 0.15) is 24.2 Å². The van der Waals surface area contributed by atoms with Gasteiger partial charge in [0.05, 0.1) is 17.7 Å². The minimum Gasteiger partial charge on any atom is -0.495 e. The van der Waals surface area contributed by atoms with Gasteiger partial charge in [-0.2, -0.15) is 0 Å². The van der Waals surface area contributed by atoms with Crippen molar-refractivity contribution in [2.45, 2.75) is 37.8 Å². The first-order chi connectivity index (χ1) is 18.1. The van der Waals surface area contributed by atoms with Crippen LogP contribution in [-0.4, -0.2) is 51.9 Å². The fraction of sp³-hybridized carbons (Fsp3) is 0.286. The predicted octanol–water partition coefficient (Wildman–Crippen LogP) is 3.89. The summed E-state index contributed by atoms with van der Waals surface area (Å²) in [5.74, 6) is -1.16. The van der Waals surface area contributed by atoms with E-state index >= 15 is 0 Å². The molecule has 0 saturated carbocycles. The summed E-state index contributed by atoms with van der Waals surface area (Å²) >= 11 is 0. The molecule has 3 rings (SSSR count). The Labute approximate surface area is 223 Å². The van der Waals surface area contributed by atoms with Crippen LogP contribution in [0.2, 0.25) is 0 Å². The molecule has 1 atom stereocenters. The molecule has 0 heterocycles. The average Bonchev–Trinajstić information content (AvgIpc) is 2.92. The van der Waals surface area contributed by atoms with Gasteiger partial charge < -0.3 is 15.0 Å². The zero-order valence-corrected chi connectivity index (χ0v) is 22.7. The van der Waals surface area contributed by atoms with E-state index < -0.39 is 40.2 Å². The molecule has 8 nitrogen and oxygen atoms in total. The number of methoxy groups -OCH3 is 1. The van der Waals surface area contributed by atoms with E-state index in [1.807, 2.05) is 0 Å². The molecule has 2 amide bonds. The zero-order chi connectivity index (χ0) is 27.9. The average molecular weight is 542 g/mol. The van der Waals surface area contributed by atoms with Crippen LogP contribution >= 0.6 is 0 Å². The molecule has 1 unspecified atom stereocenters. The van der Waals surface area contributed by atoms with Crippen LogP contribution in [0.3, 0.4) is 0 Å². The van der Waals surface area contributed by atoms with Crippen LogP contribution in [0.15, 0.2) is 77.7 Å². The molecule has 0 bridgehead atoms. The second-order valence-electron chi connectivity index (χ2n) is 8.69. The Morgan fingerprint density at radius 2 is 1.68 bits per heavy atom. The number of hydrogen-bond acceptors (Lipinski definition) is 5. The summed E-state index contributed by atoms with van der Waals surface area (Å²) in [6, 6.07) is 17.5. The molecular weight excluding hydrogens is 509 g/mol. The van der Waals surface area contributed by atoms with E-state index in [1.54, 1.807) is 50.2 Å². The van der Waals surface area contributed by atoms with E-state index in [4.69, 9.17) is 4.74 Å². The maximum atomic E-state index is 13.9. The van der Waals surface area contributed by atoms with Gasteiger partial charge in [0.15, 0.2) is 0 Å². The summed E-state index contributed by atoms with van der Waals surface area (Å²) in [6.07, 6.45) is 0.284. The van der Waals surface area contributed by atoms with Crippen LogP contribution < -0.4 is 14.4 Å². The zero-order valence-electron chi connectivity index (χ0n) is 21.8. The molecule has 10 heteroatoms. The monoisotopic (exact) mass is 541 g/mol. The first-order valence-electron chi connectivity index (χ1n) is 12.1. The smallest absolute Gasteiger partial charge is 0.264 e. The Morgan fingerprint density at radius 1 is 1.03 bits per heavy atom. The lowest BCUT2D eigenvalue weighted by atomic mass is 10.1. The second-order valence-corrected chi connectivity index (χ2v) is 10.5. The summed E-state index contributed by atoms with van der Waals surface area (Å²) in [4.78, 5) is 28.0. The summed E-state index contributed by atoms with van der Waals surface area (Å²) < 4.78 is 47.7. The Morgan fingerprint density at radius 3 is 2.26 bits per heavy atom. The molecule has 0 fully saturated rings. The van der Waals surface area contributed by atoms with Crippen molar-refractivity contribution in [2.24, 2.45) is 0 Å². The highest BCUT2D eigenvalue weighted by molar-refractivity contribution is 7.92. The van der Waals surface area contributed by atoms with Crippen molar-refractivity contribution in [1.82, 2.24) is 10.2 Å². The van der Waals surface area contributed by atoms with Gasteiger partial charge in [-0.15, -0.1) is 0 Å². The number of benzene rings is 3. The maximum absolute atomic E-state index is 13.9. The summed E-state index contributed by atoms with van der Waals surface area (Å²) in [5.41, 5.74) is 1.55. The molecule has 0 aromatic heterocycles. The van der Waals surface area contributed by atoms with E-state index in [1.165, 1.54) is 55.5 Å². The van der Waals surface area contributed by atoms with Crippen LogP contribution in [0.25, 0.3) is 0 Å². The predicted molar refractivity (Wildman–Crippen MR) is 144 cm³/mol. The second kappa shape index (κ2) is 12.6. The third-order valence-electron chi connectivity index (χ3n) is 6.11. The maximum Gasteiger partial charge on any atom is 0.264 e. The van der Waals surface area contributed by atoms with Gasteiger partial charge in [-0.05, 0) is 60.9 Å². The molecule has 0 aliphatic carbocycles. The summed E-state index contributed by atoms with van der Waals surface area (Å²) in [5, 5.41) is 2.57. The van der Waals surface area contributed by atoms with Crippen LogP contribution in [0.1, 0.15) is 24.5 Å². The molecule has 0 spiro atoms. The first-order valence-corrected chi connectivity index (χ1v) is 13.5. The number of aryl methyl sites for hydroxylation is 1. The summed E-state index contributed by atoms with van der Waals surface area (Å²) in [7, 11) is -1.33. The number of anilines is 1. The molecule has 3 aromatic carbocycles. The topological polar surface area (TPSA) is 96.0 Å². The lowest BCUT2D eigenvalue weighted by molar-refractivity contribution is -0.140. The van der Waals surface area contributed by atoms with Crippen molar-refractivity contribution in [3.05, 3.63) is 89.7 Å². The standard InChI is InChI=1S/C28H32FN3O5S/c1-5-24(28(34)30-3)31(18-21-12-14-22(29)15-13-21)27(33)19-32(25-17-20(2)11-16-26(25)37-4)38(35,36)23-9-7-6-8-10-23/h6-17,24H,5,18-19H2,1-4H3,(H,30,34). The number of sulfonamides is 1. The van der Waals surface area contributed by atoms with Crippen LogP contribution in [0.4, 0.5) is 10.1 Å². The van der Waals surface area contributed by atoms with Crippen LogP contribution in [-0.2, 0) is 26.2 Å². The van der Waals surface area contributed by atoms with Crippen molar-refractivity contribution < 1.29 is 27.1 Å². The molecule has 0 saturated heterocycles. The van der Waals surface area contributed by atoms with Crippen LogP contribution in [0.5, 0.6) is 5.75 Å². The van der Waals surface area contributed by atoms with Gasteiger partial charge in [-0.1, -0.05) is 43.3 Å². The van der Waals surface area contributed by atoms with Gasteiger partial charge in [0, 0.05) is 13.6 Å². The fourth-order valence-corrected chi connectivity index (χ4v) is 5.54. The number of halogens is 1. The van der Waals surface area contributed by atoms with E-state index in [0.29, 0.717) is 5.56 Å².